The lowest BCUT2D eigenvalue weighted by molar-refractivity contribution is 0.111. The number of hydrogen-bond donors (Lipinski definition) is 1. The molecule has 1 unspecified atom stereocenters. The summed E-state index contributed by atoms with van der Waals surface area (Å²) in [5.74, 6) is 2.46. The van der Waals surface area contributed by atoms with Crippen molar-refractivity contribution < 1.29 is 9.53 Å². The van der Waals surface area contributed by atoms with Crippen molar-refractivity contribution in [2.75, 3.05) is 18.5 Å². The van der Waals surface area contributed by atoms with Crippen LogP contribution in [0.15, 0.2) is 0 Å². The minimum Gasteiger partial charge on any atom is -0.371 e. The standard InChI is InChI=1S/C14H18N4O2S/c19-14(18-6-7-4-10(18)9-5-8(7)9)15-13-17-16-12(21-13)11-2-1-3-20-11/h7-11H,1-6H2,(H,15,17,19)/t7-,8-,9-,10-,11?/m0/s1. The van der Waals surface area contributed by atoms with Crippen LogP contribution in [0, 0.1) is 17.8 Å². The Morgan fingerprint density at radius 2 is 2.29 bits per heavy atom. The van der Waals surface area contributed by atoms with Gasteiger partial charge in [-0.05, 0) is 43.4 Å². The Labute approximate surface area is 126 Å². The number of amides is 2. The van der Waals surface area contributed by atoms with Crippen molar-refractivity contribution in [2.45, 2.75) is 37.8 Å². The van der Waals surface area contributed by atoms with Crippen LogP contribution in [0.5, 0.6) is 0 Å². The number of fused-ring (bicyclic) bond motifs is 5. The number of nitrogens with one attached hydrogen (secondary N) is 1. The Balaban J connectivity index is 1.26. The number of rotatable bonds is 2. The normalized spacial score (nSPS) is 39.6. The van der Waals surface area contributed by atoms with E-state index in [1.807, 2.05) is 4.90 Å². The van der Waals surface area contributed by atoms with Crippen LogP contribution < -0.4 is 5.32 Å². The van der Waals surface area contributed by atoms with E-state index in [2.05, 4.69) is 15.5 Å². The highest BCUT2D eigenvalue weighted by Gasteiger charge is 2.61. The summed E-state index contributed by atoms with van der Waals surface area (Å²) in [6.45, 7) is 1.72. The number of urea groups is 1. The van der Waals surface area contributed by atoms with E-state index in [0.717, 1.165) is 48.8 Å². The first-order valence-corrected chi connectivity index (χ1v) is 8.64. The molecule has 5 rings (SSSR count). The Morgan fingerprint density at radius 3 is 3.05 bits per heavy atom. The lowest BCUT2D eigenvalue weighted by Gasteiger charge is -2.26. The number of likely N-dealkylation sites (tertiary alicyclic amines) is 1. The molecule has 1 N–H and O–H groups in total. The SMILES string of the molecule is O=C(Nc1nnc(C2CCCO2)s1)N1C[C@@H]2C[C@H]1[C@H]1C[C@@H]21. The Hall–Kier alpha value is -1.21. The minimum atomic E-state index is 0.00268. The summed E-state index contributed by atoms with van der Waals surface area (Å²) in [6, 6.07) is 0.480. The molecule has 3 heterocycles. The fourth-order valence-electron chi connectivity index (χ4n) is 4.42. The van der Waals surface area contributed by atoms with E-state index in [0.29, 0.717) is 11.2 Å². The van der Waals surface area contributed by atoms with Gasteiger partial charge >= 0.3 is 6.03 Å². The van der Waals surface area contributed by atoms with E-state index in [-0.39, 0.29) is 12.1 Å². The maximum atomic E-state index is 12.4. The van der Waals surface area contributed by atoms with Gasteiger partial charge in [-0.1, -0.05) is 11.3 Å². The maximum Gasteiger partial charge on any atom is 0.323 e. The molecule has 4 aliphatic rings. The highest BCUT2D eigenvalue weighted by atomic mass is 32.1. The zero-order valence-electron chi connectivity index (χ0n) is 11.7. The molecule has 2 bridgehead atoms. The first kappa shape index (κ1) is 12.3. The van der Waals surface area contributed by atoms with Crippen LogP contribution in [0.1, 0.15) is 36.8 Å². The van der Waals surface area contributed by atoms with Gasteiger partial charge in [0.05, 0.1) is 0 Å². The zero-order valence-corrected chi connectivity index (χ0v) is 12.5. The quantitative estimate of drug-likeness (QED) is 0.910. The number of piperidine rings is 1. The molecule has 0 spiro atoms. The van der Waals surface area contributed by atoms with Gasteiger partial charge in [-0.3, -0.25) is 5.32 Å². The molecule has 2 saturated heterocycles. The number of nitrogens with zero attached hydrogens (tertiary/aromatic N) is 3. The van der Waals surface area contributed by atoms with Crippen molar-refractivity contribution in [1.29, 1.82) is 0 Å². The highest BCUT2D eigenvalue weighted by Crippen LogP contribution is 2.61. The van der Waals surface area contributed by atoms with Crippen molar-refractivity contribution in [1.82, 2.24) is 15.1 Å². The lowest BCUT2D eigenvalue weighted by Crippen LogP contribution is -2.41. The predicted molar refractivity (Wildman–Crippen MR) is 77.1 cm³/mol. The summed E-state index contributed by atoms with van der Waals surface area (Å²) in [6.07, 6.45) is 4.69. The molecule has 1 aromatic rings. The number of ether oxygens (including phenoxy) is 1. The van der Waals surface area contributed by atoms with Crippen molar-refractivity contribution in [3.05, 3.63) is 5.01 Å². The molecule has 5 atom stereocenters. The minimum absolute atomic E-state index is 0.00268. The molecule has 2 aliphatic heterocycles. The van der Waals surface area contributed by atoms with Crippen LogP contribution in [0.4, 0.5) is 9.93 Å². The molecule has 0 aromatic carbocycles. The van der Waals surface area contributed by atoms with E-state index in [9.17, 15) is 4.79 Å². The van der Waals surface area contributed by atoms with Crippen molar-refractivity contribution in [2.24, 2.45) is 17.8 Å². The van der Waals surface area contributed by atoms with Crippen molar-refractivity contribution in [3.63, 3.8) is 0 Å². The summed E-state index contributed by atoms with van der Waals surface area (Å²) in [4.78, 5) is 14.4. The predicted octanol–water partition coefficient (Wildman–Crippen LogP) is 2.26. The van der Waals surface area contributed by atoms with E-state index in [1.165, 1.54) is 24.2 Å². The van der Waals surface area contributed by atoms with Crippen molar-refractivity contribution in [3.8, 4) is 0 Å². The van der Waals surface area contributed by atoms with E-state index < -0.39 is 0 Å². The second-order valence-electron chi connectivity index (χ2n) is 6.66. The van der Waals surface area contributed by atoms with E-state index in [4.69, 9.17) is 4.74 Å². The van der Waals surface area contributed by atoms with Crippen LogP contribution in [0.2, 0.25) is 0 Å². The second kappa shape index (κ2) is 4.39. The highest BCUT2D eigenvalue weighted by molar-refractivity contribution is 7.15. The lowest BCUT2D eigenvalue weighted by atomic mass is 10.1. The number of carbonyl (C=O) groups excluding carboxylic acids is 1. The summed E-state index contributed by atoms with van der Waals surface area (Å²) >= 11 is 1.44. The first-order chi connectivity index (χ1) is 10.3. The Morgan fingerprint density at radius 1 is 1.33 bits per heavy atom. The number of carbonyl (C=O) groups is 1. The maximum absolute atomic E-state index is 12.4. The van der Waals surface area contributed by atoms with Crippen LogP contribution >= 0.6 is 11.3 Å². The topological polar surface area (TPSA) is 67.3 Å². The van der Waals surface area contributed by atoms with Gasteiger partial charge in [0.2, 0.25) is 5.13 Å². The average Bonchev–Trinajstić information content (AvgIpc) is 2.97. The van der Waals surface area contributed by atoms with Gasteiger partial charge in [-0.15, -0.1) is 10.2 Å². The van der Waals surface area contributed by atoms with Gasteiger partial charge in [-0.2, -0.15) is 0 Å². The summed E-state index contributed by atoms with van der Waals surface area (Å²) in [7, 11) is 0. The molecule has 6 nitrogen and oxygen atoms in total. The molecule has 7 heteroatoms. The average molecular weight is 306 g/mol. The molecule has 21 heavy (non-hydrogen) atoms. The van der Waals surface area contributed by atoms with Gasteiger partial charge in [0.25, 0.3) is 0 Å². The summed E-state index contributed by atoms with van der Waals surface area (Å²) in [5.41, 5.74) is 0. The largest absolute Gasteiger partial charge is 0.371 e. The number of hydrogen-bond acceptors (Lipinski definition) is 5. The second-order valence-corrected chi connectivity index (χ2v) is 7.67. The van der Waals surface area contributed by atoms with Crippen LogP contribution in [-0.4, -0.2) is 40.3 Å². The molecule has 2 saturated carbocycles. The molecular formula is C14H18N4O2S. The van der Waals surface area contributed by atoms with Gasteiger partial charge in [0, 0.05) is 19.2 Å². The summed E-state index contributed by atoms with van der Waals surface area (Å²) < 4.78 is 5.60. The Kier molecular flexibility index (Phi) is 2.58. The summed E-state index contributed by atoms with van der Waals surface area (Å²) in [5, 5.41) is 12.7. The third kappa shape index (κ3) is 1.90. The van der Waals surface area contributed by atoms with Crippen molar-refractivity contribution >= 4 is 22.5 Å². The van der Waals surface area contributed by atoms with Gasteiger partial charge in [0.15, 0.2) is 0 Å². The monoisotopic (exact) mass is 306 g/mol. The fraction of sp³-hybridized carbons (Fsp3) is 0.786. The number of aromatic nitrogens is 2. The molecular weight excluding hydrogens is 288 g/mol. The first-order valence-electron chi connectivity index (χ1n) is 7.82. The molecule has 0 radical (unpaired) electrons. The van der Waals surface area contributed by atoms with Crippen LogP contribution in [0.3, 0.4) is 0 Å². The van der Waals surface area contributed by atoms with Gasteiger partial charge < -0.3 is 9.64 Å². The fourth-order valence-corrected chi connectivity index (χ4v) is 5.24. The molecule has 4 fully saturated rings. The Bertz CT molecular complexity index is 585. The smallest absolute Gasteiger partial charge is 0.323 e. The van der Waals surface area contributed by atoms with E-state index in [1.54, 1.807) is 0 Å². The molecule has 2 aliphatic carbocycles. The van der Waals surface area contributed by atoms with Crippen LogP contribution in [0.25, 0.3) is 0 Å². The van der Waals surface area contributed by atoms with Crippen LogP contribution in [-0.2, 0) is 4.74 Å². The van der Waals surface area contributed by atoms with Gasteiger partial charge in [-0.25, -0.2) is 4.79 Å². The number of anilines is 1. The third-order valence-corrected chi connectivity index (χ3v) is 6.42. The molecule has 2 amide bonds. The molecule has 1 aromatic heterocycles. The van der Waals surface area contributed by atoms with Gasteiger partial charge in [0.1, 0.15) is 11.1 Å². The van der Waals surface area contributed by atoms with E-state index >= 15 is 0 Å². The molecule has 112 valence electrons. The zero-order chi connectivity index (χ0) is 14.0. The third-order valence-electron chi connectivity index (χ3n) is 5.49.